The molecule has 1 N–H and O–H groups in total. The summed E-state index contributed by atoms with van der Waals surface area (Å²) >= 11 is 0. The highest BCUT2D eigenvalue weighted by atomic mass is 19.1. The fourth-order valence-electron chi connectivity index (χ4n) is 8.60. The van der Waals surface area contributed by atoms with Gasteiger partial charge in [-0.25, -0.2) is 8.78 Å². The highest BCUT2D eigenvalue weighted by Crippen LogP contribution is 2.66. The second-order valence-electron chi connectivity index (χ2n) is 12.0. The van der Waals surface area contributed by atoms with E-state index in [9.17, 15) is 14.3 Å². The van der Waals surface area contributed by atoms with Crippen LogP contribution < -0.4 is 0 Å². The Bertz CT molecular complexity index is 1000. The summed E-state index contributed by atoms with van der Waals surface area (Å²) in [4.78, 5) is 13.4. The van der Waals surface area contributed by atoms with Gasteiger partial charge < -0.3 is 5.11 Å². The number of aliphatic hydroxyl groups is 1. The van der Waals surface area contributed by atoms with Gasteiger partial charge in [0.25, 0.3) is 0 Å². The molecule has 0 amide bonds. The van der Waals surface area contributed by atoms with E-state index in [1.54, 1.807) is 0 Å². The monoisotopic (exact) mass is 455 g/mol. The summed E-state index contributed by atoms with van der Waals surface area (Å²) in [7, 11) is 0. The van der Waals surface area contributed by atoms with Crippen molar-refractivity contribution in [2.45, 2.75) is 89.3 Å². The van der Waals surface area contributed by atoms with E-state index in [1.165, 1.54) is 18.2 Å². The fourth-order valence-corrected chi connectivity index (χ4v) is 8.60. The summed E-state index contributed by atoms with van der Waals surface area (Å²) < 4.78 is 30.8. The number of carbonyl (C=O) groups excluding carboxylic acids is 1. The molecule has 1 aromatic carbocycles. The molecule has 8 atom stereocenters. The number of hydrogen-bond acceptors (Lipinski definition) is 3. The van der Waals surface area contributed by atoms with Crippen molar-refractivity contribution < 1.29 is 18.7 Å². The van der Waals surface area contributed by atoms with Crippen LogP contribution in [0.3, 0.4) is 0 Å². The first-order valence-corrected chi connectivity index (χ1v) is 12.7. The number of halogens is 2. The molecule has 33 heavy (non-hydrogen) atoms. The van der Waals surface area contributed by atoms with Crippen LogP contribution in [0.1, 0.15) is 82.8 Å². The molecule has 0 bridgehead atoms. The number of hydrogen-bond donors (Lipinski definition) is 1. The Morgan fingerprint density at radius 2 is 1.91 bits per heavy atom. The van der Waals surface area contributed by atoms with Gasteiger partial charge in [0.05, 0.1) is 17.2 Å². The maximum Gasteiger partial charge on any atom is 0.140 e. The first kappa shape index (κ1) is 23.0. The maximum absolute atomic E-state index is 16.5. The number of benzene rings is 1. The lowest BCUT2D eigenvalue weighted by Crippen LogP contribution is -2.58. The SMILES string of the molecule is C[C@@]1(O)CC[C@@]2(F)[C@H](CC[C@H]3[C@@H]4CC[C@H](C(=O)Cc5cc(C#N)ccc5F)[C@@]4(C)CC[C@@H]32)C1. The van der Waals surface area contributed by atoms with Crippen LogP contribution in [0.4, 0.5) is 8.78 Å². The summed E-state index contributed by atoms with van der Waals surface area (Å²) in [5.74, 6) is 0.0986. The smallest absolute Gasteiger partial charge is 0.140 e. The Balaban J connectivity index is 1.35. The third-order valence-electron chi connectivity index (χ3n) is 10.2. The number of alkyl halides is 1. The summed E-state index contributed by atoms with van der Waals surface area (Å²) in [5.41, 5.74) is -1.43. The lowest BCUT2D eigenvalue weighted by molar-refractivity contribution is -0.165. The Morgan fingerprint density at radius 1 is 1.12 bits per heavy atom. The van der Waals surface area contributed by atoms with E-state index in [0.29, 0.717) is 42.2 Å². The maximum atomic E-state index is 16.5. The number of nitrogens with zero attached hydrogens (tertiary/aromatic N) is 1. The van der Waals surface area contributed by atoms with Gasteiger partial charge in [0.15, 0.2) is 0 Å². The molecule has 0 aliphatic heterocycles. The molecule has 0 saturated heterocycles. The molecule has 5 rings (SSSR count). The highest BCUT2D eigenvalue weighted by Gasteiger charge is 2.63. The Labute approximate surface area is 195 Å². The van der Waals surface area contributed by atoms with Crippen LogP contribution in [0.25, 0.3) is 0 Å². The van der Waals surface area contributed by atoms with Crippen molar-refractivity contribution in [2.75, 3.05) is 0 Å². The van der Waals surface area contributed by atoms with Gasteiger partial charge >= 0.3 is 0 Å². The summed E-state index contributed by atoms with van der Waals surface area (Å²) in [6.45, 7) is 4.06. The molecule has 4 aliphatic rings. The van der Waals surface area contributed by atoms with Gasteiger partial charge in [-0.3, -0.25) is 4.79 Å². The molecule has 0 heterocycles. The van der Waals surface area contributed by atoms with Crippen molar-refractivity contribution >= 4 is 5.78 Å². The molecule has 3 nitrogen and oxygen atoms in total. The van der Waals surface area contributed by atoms with Gasteiger partial charge in [-0.1, -0.05) is 6.92 Å². The standard InChI is InChI=1S/C28H35F2NO2/c1-26(33)11-12-28(30)19(15-26)4-5-20-21-6-7-23(27(21,2)10-9-22(20)28)25(32)14-18-13-17(16-31)3-8-24(18)29/h3,8,13,19-23,33H,4-7,9-12,14-15H2,1-2H3/t19-,20+,21+,22+,23-,26-,27+,28-/m1/s1. The van der Waals surface area contributed by atoms with E-state index in [0.717, 1.165) is 38.5 Å². The average Bonchev–Trinajstić information content (AvgIpc) is 3.13. The molecule has 178 valence electrons. The number of carbonyl (C=O) groups is 1. The molecule has 1 aromatic rings. The third-order valence-corrected chi connectivity index (χ3v) is 10.2. The Hall–Kier alpha value is -1.80. The first-order valence-electron chi connectivity index (χ1n) is 12.7. The van der Waals surface area contributed by atoms with E-state index in [1.807, 2.05) is 13.0 Å². The zero-order chi connectivity index (χ0) is 23.6. The molecule has 4 saturated carbocycles. The van der Waals surface area contributed by atoms with E-state index in [-0.39, 0.29) is 35.4 Å². The molecular formula is C28H35F2NO2. The number of Topliss-reactive ketones (excluding diaryl/α,β-unsaturated/α-hetero) is 1. The van der Waals surface area contributed by atoms with E-state index in [2.05, 4.69) is 6.92 Å². The molecular weight excluding hydrogens is 420 g/mol. The van der Waals surface area contributed by atoms with E-state index in [4.69, 9.17) is 5.26 Å². The lowest BCUT2D eigenvalue weighted by Gasteiger charge is -2.59. The van der Waals surface area contributed by atoms with Gasteiger partial charge in [0, 0.05) is 12.3 Å². The summed E-state index contributed by atoms with van der Waals surface area (Å²) in [6.07, 6.45) is 6.73. The Kier molecular flexibility index (Phi) is 5.48. The minimum absolute atomic E-state index is 0.0205. The highest BCUT2D eigenvalue weighted by molar-refractivity contribution is 5.84. The van der Waals surface area contributed by atoms with Crippen molar-refractivity contribution in [3.8, 4) is 6.07 Å². The van der Waals surface area contributed by atoms with Crippen molar-refractivity contribution in [1.82, 2.24) is 0 Å². The van der Waals surface area contributed by atoms with Crippen LogP contribution in [0, 0.1) is 52.2 Å². The molecule has 0 unspecified atom stereocenters. The quantitative estimate of drug-likeness (QED) is 0.615. The average molecular weight is 456 g/mol. The number of ketones is 1. The molecule has 0 radical (unpaired) electrons. The van der Waals surface area contributed by atoms with Crippen LogP contribution in [-0.4, -0.2) is 22.2 Å². The number of nitriles is 1. The summed E-state index contributed by atoms with van der Waals surface area (Å²) in [5, 5.41) is 19.7. The molecule has 0 spiro atoms. The largest absolute Gasteiger partial charge is 0.390 e. The van der Waals surface area contributed by atoms with Crippen molar-refractivity contribution in [3.63, 3.8) is 0 Å². The predicted octanol–water partition coefficient (Wildman–Crippen LogP) is 5.92. The lowest BCUT2D eigenvalue weighted by atomic mass is 9.47. The molecule has 0 aromatic heterocycles. The Morgan fingerprint density at radius 3 is 2.67 bits per heavy atom. The minimum atomic E-state index is -1.19. The van der Waals surface area contributed by atoms with Crippen LogP contribution in [-0.2, 0) is 11.2 Å². The normalized spacial score (nSPS) is 44.3. The molecule has 4 aliphatic carbocycles. The van der Waals surface area contributed by atoms with Gasteiger partial charge in [-0.05, 0) is 118 Å². The predicted molar refractivity (Wildman–Crippen MR) is 121 cm³/mol. The van der Waals surface area contributed by atoms with Gasteiger partial charge in [-0.2, -0.15) is 5.26 Å². The second kappa shape index (κ2) is 7.87. The van der Waals surface area contributed by atoms with Crippen molar-refractivity contribution in [2.24, 2.45) is 35.0 Å². The van der Waals surface area contributed by atoms with Gasteiger partial charge in [-0.15, -0.1) is 0 Å². The second-order valence-corrected chi connectivity index (χ2v) is 12.0. The van der Waals surface area contributed by atoms with Crippen molar-refractivity contribution in [3.05, 3.63) is 35.1 Å². The topological polar surface area (TPSA) is 61.1 Å². The molecule has 5 heteroatoms. The summed E-state index contributed by atoms with van der Waals surface area (Å²) in [6, 6.07) is 6.22. The first-order chi connectivity index (χ1) is 15.6. The fraction of sp³-hybridized carbons (Fsp3) is 0.714. The van der Waals surface area contributed by atoms with Crippen molar-refractivity contribution in [1.29, 1.82) is 5.26 Å². The molecule has 4 fully saturated rings. The van der Waals surface area contributed by atoms with Gasteiger partial charge in [0.2, 0.25) is 0 Å². The number of rotatable bonds is 3. The van der Waals surface area contributed by atoms with Crippen LogP contribution >= 0.6 is 0 Å². The third kappa shape index (κ3) is 3.64. The van der Waals surface area contributed by atoms with E-state index >= 15 is 4.39 Å². The zero-order valence-electron chi connectivity index (χ0n) is 19.7. The van der Waals surface area contributed by atoms with Crippen LogP contribution in [0.5, 0.6) is 0 Å². The number of fused-ring (bicyclic) bond motifs is 5. The zero-order valence-corrected chi connectivity index (χ0v) is 19.7. The van der Waals surface area contributed by atoms with Gasteiger partial charge in [0.1, 0.15) is 17.3 Å². The van der Waals surface area contributed by atoms with Crippen LogP contribution in [0.15, 0.2) is 18.2 Å². The minimum Gasteiger partial charge on any atom is -0.390 e. The van der Waals surface area contributed by atoms with E-state index < -0.39 is 17.1 Å². The van der Waals surface area contributed by atoms with Crippen LogP contribution in [0.2, 0.25) is 0 Å².